The minimum atomic E-state index is -0.337. The summed E-state index contributed by atoms with van der Waals surface area (Å²) in [5.41, 5.74) is 6.81. The first-order chi connectivity index (χ1) is 17.7. The van der Waals surface area contributed by atoms with Gasteiger partial charge in [-0.25, -0.2) is 9.59 Å². The molecule has 8 heteroatoms. The number of hydrogen-bond acceptors (Lipinski definition) is 2. The molecule has 4 aromatic rings. The van der Waals surface area contributed by atoms with Crippen molar-refractivity contribution in [2.45, 2.75) is 20.3 Å². The number of carbonyl (C=O) groups is 2. The quantitative estimate of drug-likeness (QED) is 0.200. The highest BCUT2D eigenvalue weighted by molar-refractivity contribution is 6.31. The normalized spacial score (nSPS) is 10.5. The van der Waals surface area contributed by atoms with Gasteiger partial charge in [-0.05, 0) is 91.1 Å². The highest BCUT2D eigenvalue weighted by atomic mass is 35.5. The van der Waals surface area contributed by atoms with Crippen LogP contribution in [0, 0.1) is 13.8 Å². The van der Waals surface area contributed by atoms with E-state index in [9.17, 15) is 9.59 Å². The third kappa shape index (κ3) is 7.49. The maximum absolute atomic E-state index is 12.4. The summed E-state index contributed by atoms with van der Waals surface area (Å²) in [6.45, 7) is 3.91. The lowest BCUT2D eigenvalue weighted by Crippen LogP contribution is -2.20. The molecular formula is C29H26Cl2N4O2. The van der Waals surface area contributed by atoms with Crippen molar-refractivity contribution in [2.24, 2.45) is 0 Å². The van der Waals surface area contributed by atoms with Gasteiger partial charge >= 0.3 is 12.1 Å². The second-order valence-corrected chi connectivity index (χ2v) is 9.53. The first-order valence-electron chi connectivity index (χ1n) is 11.6. The van der Waals surface area contributed by atoms with Gasteiger partial charge in [0.1, 0.15) is 0 Å². The highest BCUT2D eigenvalue weighted by Gasteiger charge is 2.09. The van der Waals surface area contributed by atoms with E-state index < -0.39 is 0 Å². The number of urea groups is 2. The average molecular weight is 533 g/mol. The second kappa shape index (κ2) is 11.8. The predicted molar refractivity (Wildman–Crippen MR) is 153 cm³/mol. The summed E-state index contributed by atoms with van der Waals surface area (Å²) < 4.78 is 0. The molecule has 0 aliphatic carbocycles. The van der Waals surface area contributed by atoms with Crippen LogP contribution in [0.4, 0.5) is 32.3 Å². The van der Waals surface area contributed by atoms with Gasteiger partial charge in [0.25, 0.3) is 0 Å². The molecule has 0 bridgehead atoms. The van der Waals surface area contributed by atoms with E-state index in [0.717, 1.165) is 33.6 Å². The first kappa shape index (κ1) is 26.1. The monoisotopic (exact) mass is 532 g/mol. The molecule has 4 amide bonds. The number of rotatable bonds is 6. The Hall–Kier alpha value is -4.00. The third-order valence-corrected chi connectivity index (χ3v) is 6.12. The number of nitrogens with one attached hydrogen (secondary N) is 4. The number of aryl methyl sites for hydroxylation is 2. The van der Waals surface area contributed by atoms with Gasteiger partial charge in [0, 0.05) is 32.8 Å². The number of anilines is 4. The van der Waals surface area contributed by atoms with Crippen molar-refractivity contribution in [1.82, 2.24) is 0 Å². The third-order valence-electron chi connectivity index (χ3n) is 5.65. The Morgan fingerprint density at radius 2 is 1.03 bits per heavy atom. The number of halogens is 2. The Morgan fingerprint density at radius 1 is 0.595 bits per heavy atom. The fourth-order valence-electron chi connectivity index (χ4n) is 3.89. The fraction of sp³-hybridized carbons (Fsp3) is 0.103. The molecule has 0 saturated heterocycles. The molecular weight excluding hydrogens is 507 g/mol. The second-order valence-electron chi connectivity index (χ2n) is 8.65. The SMILES string of the molecule is Cc1cc(Cc2ccc(NC(=O)Nc3cccc(Cl)c3)c(C)c2)ccc1NC(=O)Nc1cccc(Cl)c1. The van der Waals surface area contributed by atoms with Crippen molar-refractivity contribution in [3.63, 3.8) is 0 Å². The van der Waals surface area contributed by atoms with Gasteiger partial charge in [-0.1, -0.05) is 59.6 Å². The molecule has 0 aliphatic rings. The predicted octanol–water partition coefficient (Wildman–Crippen LogP) is 8.49. The maximum Gasteiger partial charge on any atom is 0.323 e. The van der Waals surface area contributed by atoms with E-state index in [1.807, 2.05) is 38.1 Å². The number of hydrogen-bond donors (Lipinski definition) is 4. The zero-order valence-electron chi connectivity index (χ0n) is 20.4. The first-order valence-corrected chi connectivity index (χ1v) is 12.4. The molecule has 4 aromatic carbocycles. The number of carbonyl (C=O) groups excluding carboxylic acids is 2. The lowest BCUT2D eigenvalue weighted by Gasteiger charge is -2.13. The van der Waals surface area contributed by atoms with E-state index in [0.29, 0.717) is 27.8 Å². The topological polar surface area (TPSA) is 82.3 Å². The van der Waals surface area contributed by atoms with Crippen LogP contribution in [0.3, 0.4) is 0 Å². The summed E-state index contributed by atoms with van der Waals surface area (Å²) in [7, 11) is 0. The van der Waals surface area contributed by atoms with Crippen LogP contribution in [0.15, 0.2) is 84.9 Å². The molecule has 4 N–H and O–H groups in total. The molecule has 0 heterocycles. The van der Waals surface area contributed by atoms with E-state index in [-0.39, 0.29) is 12.1 Å². The summed E-state index contributed by atoms with van der Waals surface area (Å²) in [6.07, 6.45) is 0.714. The van der Waals surface area contributed by atoms with Crippen molar-refractivity contribution >= 4 is 58.0 Å². The van der Waals surface area contributed by atoms with E-state index in [1.165, 1.54) is 0 Å². The average Bonchev–Trinajstić information content (AvgIpc) is 2.82. The van der Waals surface area contributed by atoms with Crippen molar-refractivity contribution in [3.8, 4) is 0 Å². The van der Waals surface area contributed by atoms with Crippen molar-refractivity contribution < 1.29 is 9.59 Å². The Balaban J connectivity index is 1.35. The summed E-state index contributed by atoms with van der Waals surface area (Å²) in [6, 6.07) is 25.2. The van der Waals surface area contributed by atoms with Gasteiger partial charge in [0.2, 0.25) is 0 Å². The van der Waals surface area contributed by atoms with Crippen LogP contribution >= 0.6 is 23.2 Å². The number of benzene rings is 4. The van der Waals surface area contributed by atoms with Crippen molar-refractivity contribution in [1.29, 1.82) is 0 Å². The molecule has 0 radical (unpaired) electrons. The minimum Gasteiger partial charge on any atom is -0.308 e. The Morgan fingerprint density at radius 3 is 1.41 bits per heavy atom. The molecule has 188 valence electrons. The summed E-state index contributed by atoms with van der Waals surface area (Å²) in [5.74, 6) is 0. The van der Waals surface area contributed by atoms with E-state index in [1.54, 1.807) is 48.5 Å². The minimum absolute atomic E-state index is 0.337. The molecule has 0 fully saturated rings. The van der Waals surface area contributed by atoms with Crippen LogP contribution in [0.25, 0.3) is 0 Å². The molecule has 37 heavy (non-hydrogen) atoms. The van der Waals surface area contributed by atoms with Gasteiger partial charge in [0.05, 0.1) is 0 Å². The van der Waals surface area contributed by atoms with Crippen molar-refractivity contribution in [3.05, 3.63) is 117 Å². The van der Waals surface area contributed by atoms with Crippen LogP contribution in [0.5, 0.6) is 0 Å². The largest absolute Gasteiger partial charge is 0.323 e. The molecule has 0 aliphatic heterocycles. The van der Waals surface area contributed by atoms with E-state index in [4.69, 9.17) is 23.2 Å². The lowest BCUT2D eigenvalue weighted by atomic mass is 10.00. The Labute approximate surface area is 226 Å². The van der Waals surface area contributed by atoms with E-state index >= 15 is 0 Å². The summed E-state index contributed by atoms with van der Waals surface area (Å²) >= 11 is 12.0. The van der Waals surface area contributed by atoms with Crippen LogP contribution in [-0.2, 0) is 6.42 Å². The standard InChI is InChI=1S/C29H26Cl2N4O2/c1-18-13-20(9-11-26(18)34-28(36)32-24-7-3-5-22(30)16-24)15-21-10-12-27(19(2)14-21)35-29(37)33-25-8-4-6-23(31)17-25/h3-14,16-17H,15H2,1-2H3,(H2,32,34,36)(H2,33,35,37). The molecule has 4 rings (SSSR count). The molecule has 0 atom stereocenters. The zero-order valence-corrected chi connectivity index (χ0v) is 21.9. The van der Waals surface area contributed by atoms with Gasteiger partial charge in [-0.15, -0.1) is 0 Å². The lowest BCUT2D eigenvalue weighted by molar-refractivity contribution is 0.261. The van der Waals surface area contributed by atoms with Crippen LogP contribution in [0.2, 0.25) is 10.0 Å². The Bertz CT molecular complexity index is 1350. The summed E-state index contributed by atoms with van der Waals surface area (Å²) in [5, 5.41) is 12.4. The van der Waals surface area contributed by atoms with Gasteiger partial charge in [-0.2, -0.15) is 0 Å². The molecule has 0 aromatic heterocycles. The van der Waals surface area contributed by atoms with Crippen LogP contribution in [0.1, 0.15) is 22.3 Å². The van der Waals surface area contributed by atoms with Gasteiger partial charge in [0.15, 0.2) is 0 Å². The highest BCUT2D eigenvalue weighted by Crippen LogP contribution is 2.23. The smallest absolute Gasteiger partial charge is 0.308 e. The zero-order chi connectivity index (χ0) is 26.4. The molecule has 0 spiro atoms. The van der Waals surface area contributed by atoms with Gasteiger partial charge < -0.3 is 21.3 Å². The van der Waals surface area contributed by atoms with Crippen molar-refractivity contribution in [2.75, 3.05) is 21.3 Å². The van der Waals surface area contributed by atoms with Gasteiger partial charge in [-0.3, -0.25) is 0 Å². The summed E-state index contributed by atoms with van der Waals surface area (Å²) in [4.78, 5) is 24.8. The Kier molecular flexibility index (Phi) is 8.33. The van der Waals surface area contributed by atoms with Crippen LogP contribution < -0.4 is 21.3 Å². The molecule has 0 saturated carbocycles. The fourth-order valence-corrected chi connectivity index (χ4v) is 4.27. The molecule has 0 unspecified atom stereocenters. The number of amides is 4. The van der Waals surface area contributed by atoms with E-state index in [2.05, 4.69) is 33.4 Å². The maximum atomic E-state index is 12.4. The van der Waals surface area contributed by atoms with Crippen LogP contribution in [-0.4, -0.2) is 12.1 Å². The molecule has 6 nitrogen and oxygen atoms in total.